The third-order valence-corrected chi connectivity index (χ3v) is 4.92. The van der Waals surface area contributed by atoms with Crippen molar-refractivity contribution in [3.05, 3.63) is 47.3 Å². The van der Waals surface area contributed by atoms with Crippen molar-refractivity contribution in [1.82, 2.24) is 24.1 Å². The summed E-state index contributed by atoms with van der Waals surface area (Å²) in [5, 5.41) is 3.67. The highest BCUT2D eigenvalue weighted by Gasteiger charge is 2.26. The number of aromatic amines is 1. The van der Waals surface area contributed by atoms with E-state index in [1.54, 1.807) is 18.3 Å². The van der Waals surface area contributed by atoms with Gasteiger partial charge in [0, 0.05) is 29.1 Å². The smallest absolute Gasteiger partial charge is 0.296 e. The molecular weight excluding hydrogens is 358 g/mol. The Morgan fingerprint density at radius 1 is 1.31 bits per heavy atom. The van der Waals surface area contributed by atoms with E-state index >= 15 is 0 Å². The van der Waals surface area contributed by atoms with Gasteiger partial charge in [-0.3, -0.25) is 14.1 Å². The molecule has 3 aromatic rings. The standard InChI is InChI=1S/C17H16ClN5O3/c18-23(13-6-1-2-7-13)17(25)22-9-14(19-10-22)11-4-3-5-12(8-11)15-20-16(24)26-21-15/h3-5,8-10,13H,1-2,6-7H2,(H,20,21,24). The Hall–Kier alpha value is -2.87. The predicted molar refractivity (Wildman–Crippen MR) is 94.5 cm³/mol. The zero-order valence-corrected chi connectivity index (χ0v) is 14.5. The van der Waals surface area contributed by atoms with Crippen molar-refractivity contribution in [2.75, 3.05) is 0 Å². The number of hydrogen-bond donors (Lipinski definition) is 1. The van der Waals surface area contributed by atoms with Crippen molar-refractivity contribution < 1.29 is 9.32 Å². The molecule has 1 fully saturated rings. The summed E-state index contributed by atoms with van der Waals surface area (Å²) in [6, 6.07) is 7.02. The molecule has 0 bridgehead atoms. The summed E-state index contributed by atoms with van der Waals surface area (Å²) >= 11 is 6.22. The molecule has 0 radical (unpaired) electrons. The van der Waals surface area contributed by atoms with E-state index in [0.717, 1.165) is 31.2 Å². The molecular formula is C17H16ClN5O3. The van der Waals surface area contributed by atoms with Crippen LogP contribution in [0.5, 0.6) is 0 Å². The van der Waals surface area contributed by atoms with Crippen LogP contribution in [-0.4, -0.2) is 36.2 Å². The number of imidazole rings is 1. The summed E-state index contributed by atoms with van der Waals surface area (Å²) in [6.45, 7) is 0. The predicted octanol–water partition coefficient (Wildman–Crippen LogP) is 3.26. The number of hydrogen-bond acceptors (Lipinski definition) is 5. The molecule has 0 saturated heterocycles. The Bertz CT molecular complexity index is 986. The van der Waals surface area contributed by atoms with Gasteiger partial charge in [0.15, 0.2) is 5.82 Å². The number of benzene rings is 1. The molecule has 2 aromatic heterocycles. The van der Waals surface area contributed by atoms with Gasteiger partial charge in [0.05, 0.1) is 11.7 Å². The molecule has 1 aliphatic carbocycles. The van der Waals surface area contributed by atoms with Crippen molar-refractivity contribution >= 4 is 17.8 Å². The number of amides is 1. The van der Waals surface area contributed by atoms with Crippen molar-refractivity contribution in [3.8, 4) is 22.6 Å². The van der Waals surface area contributed by atoms with Crippen LogP contribution in [0.1, 0.15) is 25.7 Å². The molecule has 4 rings (SSSR count). The van der Waals surface area contributed by atoms with E-state index in [1.807, 2.05) is 12.1 Å². The van der Waals surface area contributed by atoms with Crippen molar-refractivity contribution in [1.29, 1.82) is 0 Å². The average Bonchev–Trinajstić information content (AvgIpc) is 3.41. The number of carbonyl (C=O) groups is 1. The lowest BCUT2D eigenvalue weighted by molar-refractivity contribution is 0.215. The maximum absolute atomic E-state index is 12.5. The summed E-state index contributed by atoms with van der Waals surface area (Å²) < 4.78 is 7.18. The number of halogens is 1. The Morgan fingerprint density at radius 2 is 2.08 bits per heavy atom. The summed E-state index contributed by atoms with van der Waals surface area (Å²) in [4.78, 5) is 30.4. The van der Waals surface area contributed by atoms with E-state index in [4.69, 9.17) is 11.8 Å². The molecule has 1 aromatic carbocycles. The Morgan fingerprint density at radius 3 is 2.81 bits per heavy atom. The summed E-state index contributed by atoms with van der Waals surface area (Å²) in [5.74, 6) is -0.282. The molecule has 1 amide bonds. The van der Waals surface area contributed by atoms with E-state index in [9.17, 15) is 9.59 Å². The monoisotopic (exact) mass is 373 g/mol. The second kappa shape index (κ2) is 6.80. The van der Waals surface area contributed by atoms with Crippen LogP contribution in [0.25, 0.3) is 22.6 Å². The van der Waals surface area contributed by atoms with Gasteiger partial charge in [0.25, 0.3) is 0 Å². The second-order valence-electron chi connectivity index (χ2n) is 6.22. The highest BCUT2D eigenvalue weighted by Crippen LogP contribution is 2.27. The Labute approximate surface area is 153 Å². The third-order valence-electron chi connectivity index (χ3n) is 4.50. The van der Waals surface area contributed by atoms with Gasteiger partial charge in [-0.1, -0.05) is 36.2 Å². The van der Waals surface area contributed by atoms with Crippen molar-refractivity contribution in [2.45, 2.75) is 31.7 Å². The molecule has 9 heteroatoms. The molecule has 134 valence electrons. The minimum atomic E-state index is -0.616. The van der Waals surface area contributed by atoms with Gasteiger partial charge in [0.2, 0.25) is 0 Å². The molecule has 8 nitrogen and oxygen atoms in total. The van der Waals surface area contributed by atoms with Gasteiger partial charge in [-0.15, -0.1) is 0 Å². The van der Waals surface area contributed by atoms with Crippen LogP contribution >= 0.6 is 11.8 Å². The molecule has 1 saturated carbocycles. The number of rotatable bonds is 3. The molecule has 1 aliphatic rings. The summed E-state index contributed by atoms with van der Waals surface area (Å²) in [6.07, 6.45) is 7.12. The van der Waals surface area contributed by atoms with Crippen LogP contribution in [0.2, 0.25) is 0 Å². The fourth-order valence-corrected chi connectivity index (χ4v) is 3.44. The van der Waals surface area contributed by atoms with Gasteiger partial charge in [-0.05, 0) is 18.9 Å². The first-order valence-electron chi connectivity index (χ1n) is 8.32. The van der Waals surface area contributed by atoms with E-state index < -0.39 is 5.76 Å². The first-order valence-corrected chi connectivity index (χ1v) is 8.66. The number of aromatic nitrogens is 4. The first kappa shape index (κ1) is 16.6. The summed E-state index contributed by atoms with van der Waals surface area (Å²) in [5.41, 5.74) is 2.07. The highest BCUT2D eigenvalue weighted by molar-refractivity contribution is 6.21. The lowest BCUT2D eigenvalue weighted by atomic mass is 10.1. The zero-order valence-electron chi connectivity index (χ0n) is 13.8. The van der Waals surface area contributed by atoms with Crippen molar-refractivity contribution in [2.24, 2.45) is 0 Å². The largest absolute Gasteiger partial charge is 0.439 e. The van der Waals surface area contributed by atoms with E-state index in [1.165, 1.54) is 15.3 Å². The van der Waals surface area contributed by atoms with Gasteiger partial charge in [0.1, 0.15) is 6.33 Å². The molecule has 0 aliphatic heterocycles. The van der Waals surface area contributed by atoms with Crippen LogP contribution in [0, 0.1) is 0 Å². The van der Waals surface area contributed by atoms with Gasteiger partial charge in [-0.25, -0.2) is 19.0 Å². The van der Waals surface area contributed by atoms with E-state index in [-0.39, 0.29) is 12.1 Å². The molecule has 26 heavy (non-hydrogen) atoms. The number of nitrogens with one attached hydrogen (secondary N) is 1. The molecule has 0 unspecified atom stereocenters. The van der Waals surface area contributed by atoms with Crippen molar-refractivity contribution in [3.63, 3.8) is 0 Å². The van der Waals surface area contributed by atoms with Gasteiger partial charge < -0.3 is 0 Å². The van der Waals surface area contributed by atoms with Crippen LogP contribution < -0.4 is 5.76 Å². The molecule has 1 N–H and O–H groups in total. The maximum Gasteiger partial charge on any atom is 0.439 e. The normalized spacial score (nSPS) is 14.7. The first-order chi connectivity index (χ1) is 12.6. The third kappa shape index (κ3) is 3.15. The number of carbonyl (C=O) groups excluding carboxylic acids is 1. The Balaban J connectivity index is 1.58. The van der Waals surface area contributed by atoms with Gasteiger partial charge in [-0.2, -0.15) is 0 Å². The fourth-order valence-electron chi connectivity index (χ4n) is 3.15. The zero-order chi connectivity index (χ0) is 18.1. The van der Waals surface area contributed by atoms with E-state index in [0.29, 0.717) is 17.1 Å². The number of nitrogens with zero attached hydrogens (tertiary/aromatic N) is 4. The van der Waals surface area contributed by atoms with Crippen LogP contribution in [-0.2, 0) is 0 Å². The maximum atomic E-state index is 12.5. The van der Waals surface area contributed by atoms with Gasteiger partial charge >= 0.3 is 11.8 Å². The minimum Gasteiger partial charge on any atom is -0.296 e. The Kier molecular flexibility index (Phi) is 4.34. The second-order valence-corrected chi connectivity index (χ2v) is 6.59. The minimum absolute atomic E-state index is 0.0716. The van der Waals surface area contributed by atoms with Crippen LogP contribution in [0.15, 0.2) is 46.1 Å². The van der Waals surface area contributed by atoms with Crippen LogP contribution in [0.3, 0.4) is 0 Å². The average molecular weight is 374 g/mol. The lowest BCUT2D eigenvalue weighted by Gasteiger charge is -2.20. The lowest BCUT2D eigenvalue weighted by Crippen LogP contribution is -2.33. The SMILES string of the molecule is O=C(N(Cl)C1CCCC1)n1cnc(-c2cccc(-c3noc(=O)[nH]3)c2)c1. The highest BCUT2D eigenvalue weighted by atomic mass is 35.5. The topological polar surface area (TPSA) is 97.0 Å². The summed E-state index contributed by atoms with van der Waals surface area (Å²) in [7, 11) is 0. The fraction of sp³-hybridized carbons (Fsp3) is 0.294. The number of H-pyrrole nitrogens is 1. The quantitative estimate of drug-likeness (QED) is 0.710. The molecule has 0 spiro atoms. The van der Waals surface area contributed by atoms with Crippen LogP contribution in [0.4, 0.5) is 4.79 Å². The molecule has 2 heterocycles. The molecule has 0 atom stereocenters. The van der Waals surface area contributed by atoms with E-state index in [2.05, 4.69) is 19.6 Å².